The number of hydrogen-bond donors (Lipinski definition) is 0. The van der Waals surface area contributed by atoms with E-state index in [0.29, 0.717) is 5.92 Å². The van der Waals surface area contributed by atoms with Gasteiger partial charge < -0.3 is 0 Å². The Labute approximate surface area is 121 Å². The van der Waals surface area contributed by atoms with Crippen molar-refractivity contribution in [3.8, 4) is 0 Å². The predicted molar refractivity (Wildman–Crippen MR) is 84.4 cm³/mol. The summed E-state index contributed by atoms with van der Waals surface area (Å²) in [7, 11) is 0. The molecule has 0 aromatic heterocycles. The van der Waals surface area contributed by atoms with Gasteiger partial charge in [-0.15, -0.1) is 0 Å². The summed E-state index contributed by atoms with van der Waals surface area (Å²) in [5.41, 5.74) is 4.15. The Morgan fingerprint density at radius 3 is 2.30 bits per heavy atom. The zero-order valence-electron chi connectivity index (χ0n) is 12.5. The smallest absolute Gasteiger partial charge is 0.193 e. The zero-order valence-corrected chi connectivity index (χ0v) is 12.5. The standard InChI is InChI=1S/C19H22O/c1-4-14(3)17-12-9-13-18(16(17)5-2)19(20)15-10-7-6-8-11-15/h6-14H,4-5H2,1-3H3. The molecule has 1 atom stereocenters. The van der Waals surface area contributed by atoms with Crippen LogP contribution < -0.4 is 0 Å². The molecular weight excluding hydrogens is 244 g/mol. The Morgan fingerprint density at radius 2 is 1.70 bits per heavy atom. The topological polar surface area (TPSA) is 17.1 Å². The van der Waals surface area contributed by atoms with Gasteiger partial charge in [-0.2, -0.15) is 0 Å². The molecular formula is C19H22O. The first-order chi connectivity index (χ1) is 9.69. The number of ketones is 1. The average Bonchev–Trinajstić information content (AvgIpc) is 2.53. The minimum Gasteiger partial charge on any atom is -0.289 e. The number of carbonyl (C=O) groups excluding carboxylic acids is 1. The summed E-state index contributed by atoms with van der Waals surface area (Å²) in [6.45, 7) is 6.55. The first-order valence-corrected chi connectivity index (χ1v) is 7.40. The van der Waals surface area contributed by atoms with Crippen LogP contribution in [0.15, 0.2) is 48.5 Å². The van der Waals surface area contributed by atoms with E-state index in [1.54, 1.807) is 0 Å². The number of carbonyl (C=O) groups is 1. The largest absolute Gasteiger partial charge is 0.289 e. The Bertz CT molecular complexity index is 584. The quantitative estimate of drug-likeness (QED) is 0.696. The van der Waals surface area contributed by atoms with E-state index in [1.165, 1.54) is 11.1 Å². The maximum atomic E-state index is 12.7. The molecule has 2 aromatic rings. The Hall–Kier alpha value is -1.89. The Balaban J connectivity index is 2.49. The van der Waals surface area contributed by atoms with Crippen LogP contribution in [0.4, 0.5) is 0 Å². The van der Waals surface area contributed by atoms with E-state index in [-0.39, 0.29) is 5.78 Å². The third kappa shape index (κ3) is 2.82. The highest BCUT2D eigenvalue weighted by Gasteiger charge is 2.17. The van der Waals surface area contributed by atoms with E-state index in [1.807, 2.05) is 42.5 Å². The lowest BCUT2D eigenvalue weighted by atomic mass is 9.87. The van der Waals surface area contributed by atoms with Gasteiger partial charge in [-0.3, -0.25) is 4.79 Å². The van der Waals surface area contributed by atoms with Gasteiger partial charge in [0.2, 0.25) is 0 Å². The first-order valence-electron chi connectivity index (χ1n) is 7.40. The zero-order chi connectivity index (χ0) is 14.5. The van der Waals surface area contributed by atoms with Gasteiger partial charge in [-0.05, 0) is 29.9 Å². The third-order valence-corrected chi connectivity index (χ3v) is 3.99. The Kier molecular flexibility index (Phi) is 4.73. The molecule has 0 heterocycles. The highest BCUT2D eigenvalue weighted by atomic mass is 16.1. The second-order valence-corrected chi connectivity index (χ2v) is 5.23. The van der Waals surface area contributed by atoms with Crippen molar-refractivity contribution in [1.29, 1.82) is 0 Å². The van der Waals surface area contributed by atoms with E-state index in [9.17, 15) is 4.79 Å². The highest BCUT2D eigenvalue weighted by molar-refractivity contribution is 6.10. The molecule has 20 heavy (non-hydrogen) atoms. The van der Waals surface area contributed by atoms with Crippen LogP contribution in [-0.4, -0.2) is 5.78 Å². The van der Waals surface area contributed by atoms with Crippen molar-refractivity contribution in [2.75, 3.05) is 0 Å². The summed E-state index contributed by atoms with van der Waals surface area (Å²) < 4.78 is 0. The molecule has 0 spiro atoms. The molecule has 104 valence electrons. The van der Waals surface area contributed by atoms with E-state index >= 15 is 0 Å². The van der Waals surface area contributed by atoms with Crippen molar-refractivity contribution in [3.63, 3.8) is 0 Å². The lowest BCUT2D eigenvalue weighted by Gasteiger charge is -2.17. The molecule has 2 aromatic carbocycles. The summed E-state index contributed by atoms with van der Waals surface area (Å²) in [5, 5.41) is 0. The Morgan fingerprint density at radius 1 is 1.00 bits per heavy atom. The molecule has 0 saturated heterocycles. The maximum absolute atomic E-state index is 12.7. The van der Waals surface area contributed by atoms with Crippen LogP contribution in [0.3, 0.4) is 0 Å². The lowest BCUT2D eigenvalue weighted by Crippen LogP contribution is -2.09. The average molecular weight is 266 g/mol. The van der Waals surface area contributed by atoms with Gasteiger partial charge in [0.15, 0.2) is 5.78 Å². The minimum absolute atomic E-state index is 0.132. The summed E-state index contributed by atoms with van der Waals surface area (Å²) >= 11 is 0. The highest BCUT2D eigenvalue weighted by Crippen LogP contribution is 2.27. The van der Waals surface area contributed by atoms with E-state index in [2.05, 4.69) is 26.8 Å². The van der Waals surface area contributed by atoms with Gasteiger partial charge in [0.1, 0.15) is 0 Å². The molecule has 1 unspecified atom stereocenters. The minimum atomic E-state index is 0.132. The van der Waals surface area contributed by atoms with Crippen molar-refractivity contribution in [2.45, 2.75) is 39.5 Å². The number of rotatable bonds is 5. The van der Waals surface area contributed by atoms with Crippen molar-refractivity contribution >= 4 is 5.78 Å². The van der Waals surface area contributed by atoms with E-state index in [4.69, 9.17) is 0 Å². The van der Waals surface area contributed by atoms with E-state index in [0.717, 1.165) is 24.0 Å². The van der Waals surface area contributed by atoms with E-state index < -0.39 is 0 Å². The van der Waals surface area contributed by atoms with Crippen LogP contribution in [0.25, 0.3) is 0 Å². The summed E-state index contributed by atoms with van der Waals surface area (Å²) in [6, 6.07) is 15.7. The molecule has 0 fully saturated rings. The van der Waals surface area contributed by atoms with Gasteiger partial charge in [0.25, 0.3) is 0 Å². The number of hydrogen-bond acceptors (Lipinski definition) is 1. The van der Waals surface area contributed by atoms with Gasteiger partial charge in [0, 0.05) is 11.1 Å². The second-order valence-electron chi connectivity index (χ2n) is 5.23. The van der Waals surface area contributed by atoms with Crippen LogP contribution in [0.2, 0.25) is 0 Å². The fourth-order valence-electron chi connectivity index (χ4n) is 2.64. The monoisotopic (exact) mass is 266 g/mol. The molecule has 0 aliphatic carbocycles. The van der Waals surface area contributed by atoms with Crippen LogP contribution in [0.1, 0.15) is 60.2 Å². The van der Waals surface area contributed by atoms with Crippen LogP contribution in [0, 0.1) is 0 Å². The fourth-order valence-corrected chi connectivity index (χ4v) is 2.64. The van der Waals surface area contributed by atoms with Crippen molar-refractivity contribution in [3.05, 3.63) is 70.8 Å². The first kappa shape index (κ1) is 14.5. The van der Waals surface area contributed by atoms with Crippen molar-refractivity contribution in [1.82, 2.24) is 0 Å². The molecule has 0 aliphatic rings. The molecule has 1 nitrogen and oxygen atoms in total. The fraction of sp³-hybridized carbons (Fsp3) is 0.316. The SMILES string of the molecule is CCc1c(C(=O)c2ccccc2)cccc1C(C)CC. The number of benzene rings is 2. The molecule has 0 N–H and O–H groups in total. The normalized spacial score (nSPS) is 12.2. The predicted octanol–water partition coefficient (Wildman–Crippen LogP) is 4.99. The summed E-state index contributed by atoms with van der Waals surface area (Å²) in [4.78, 5) is 12.7. The van der Waals surface area contributed by atoms with Crippen molar-refractivity contribution < 1.29 is 4.79 Å². The van der Waals surface area contributed by atoms with Gasteiger partial charge >= 0.3 is 0 Å². The van der Waals surface area contributed by atoms with Gasteiger partial charge in [-0.25, -0.2) is 0 Å². The second kappa shape index (κ2) is 6.51. The van der Waals surface area contributed by atoms with Crippen LogP contribution in [-0.2, 0) is 6.42 Å². The molecule has 0 amide bonds. The third-order valence-electron chi connectivity index (χ3n) is 3.99. The van der Waals surface area contributed by atoms with Gasteiger partial charge in [0.05, 0.1) is 0 Å². The van der Waals surface area contributed by atoms with Crippen molar-refractivity contribution in [2.24, 2.45) is 0 Å². The molecule has 0 saturated carbocycles. The lowest BCUT2D eigenvalue weighted by molar-refractivity contribution is 0.103. The molecule has 1 heteroatoms. The molecule has 0 bridgehead atoms. The van der Waals surface area contributed by atoms with Gasteiger partial charge in [-0.1, -0.05) is 69.3 Å². The molecule has 0 aliphatic heterocycles. The molecule has 0 radical (unpaired) electrons. The summed E-state index contributed by atoms with van der Waals surface area (Å²) in [6.07, 6.45) is 1.99. The van der Waals surface area contributed by atoms with Crippen LogP contribution in [0.5, 0.6) is 0 Å². The molecule has 2 rings (SSSR count). The van der Waals surface area contributed by atoms with Crippen LogP contribution >= 0.6 is 0 Å². The maximum Gasteiger partial charge on any atom is 0.193 e. The summed E-state index contributed by atoms with van der Waals surface area (Å²) in [5.74, 6) is 0.626.